The molecule has 6 atom stereocenters. The molecule has 2 saturated carbocycles. The number of ether oxygens (including phenoxy) is 1. The number of halogens is 1. The molecule has 5 rings (SSSR count). The molecular formula is C27H32FN3O4S. The molecule has 0 radical (unpaired) electrons. The maximum absolute atomic E-state index is 13.6. The zero-order valence-electron chi connectivity index (χ0n) is 20.3. The Hall–Kier alpha value is -2.78. The minimum absolute atomic E-state index is 0.0504. The highest BCUT2D eigenvalue weighted by Gasteiger charge is 2.51. The van der Waals surface area contributed by atoms with Crippen molar-refractivity contribution in [1.82, 2.24) is 15.0 Å². The van der Waals surface area contributed by atoms with Crippen LogP contribution in [-0.2, 0) is 14.8 Å². The van der Waals surface area contributed by atoms with Crippen molar-refractivity contribution in [2.45, 2.75) is 44.7 Å². The number of hydrogen-bond acceptors (Lipinski definition) is 5. The summed E-state index contributed by atoms with van der Waals surface area (Å²) in [7, 11) is -3.29. The van der Waals surface area contributed by atoms with E-state index in [0.717, 1.165) is 42.5 Å². The van der Waals surface area contributed by atoms with E-state index in [1.165, 1.54) is 12.1 Å². The lowest BCUT2D eigenvalue weighted by molar-refractivity contribution is 0.0628. The van der Waals surface area contributed by atoms with E-state index in [1.807, 2.05) is 24.3 Å². The van der Waals surface area contributed by atoms with Gasteiger partial charge in [0.1, 0.15) is 5.82 Å². The zero-order chi connectivity index (χ0) is 25.3. The number of amides is 1. The third-order valence-electron chi connectivity index (χ3n) is 7.84. The number of carbonyl (C=O) groups is 1. The Morgan fingerprint density at radius 1 is 1.19 bits per heavy atom. The van der Waals surface area contributed by atoms with E-state index in [9.17, 15) is 17.6 Å². The Morgan fingerprint density at radius 3 is 2.81 bits per heavy atom. The summed E-state index contributed by atoms with van der Waals surface area (Å²) in [6.45, 7) is 2.12. The van der Waals surface area contributed by atoms with Crippen molar-refractivity contribution in [3.63, 3.8) is 0 Å². The fourth-order valence-corrected chi connectivity index (χ4v) is 8.12. The van der Waals surface area contributed by atoms with E-state index in [1.54, 1.807) is 19.2 Å². The minimum atomic E-state index is -3.29. The topological polar surface area (TPSA) is 97.4 Å². The molecular weight excluding hydrogens is 481 g/mol. The smallest absolute Gasteiger partial charge is 0.407 e. The first kappa shape index (κ1) is 24.9. The largest absolute Gasteiger partial charge is 0.450 e. The number of alkyl carbamates (subject to hydrolysis) is 1. The standard InChI is InChI=1S/C27H32FN3O4S/c1-2-35-27(32)30-23-9-10-24-19(14-23)12-20-16-36(33,34)31-26(20)25(24)11-8-22-7-6-18(15-29-22)17-4-3-5-21(28)13-17/h3-8,11,13,15,19-20,23-26,31H,2,9-10,12,14,16H2,1H3,(H,30,32)/b11-8+/t19-,20-,23+,24-,25+,26+/m1/s1. The Morgan fingerprint density at radius 2 is 2.06 bits per heavy atom. The van der Waals surface area contributed by atoms with Crippen LogP contribution in [0.4, 0.5) is 9.18 Å². The van der Waals surface area contributed by atoms with Crippen molar-refractivity contribution in [3.05, 3.63) is 60.2 Å². The van der Waals surface area contributed by atoms with E-state index in [2.05, 4.69) is 21.1 Å². The Kier molecular flexibility index (Phi) is 7.12. The van der Waals surface area contributed by atoms with Crippen LogP contribution >= 0.6 is 0 Å². The first-order chi connectivity index (χ1) is 17.3. The summed E-state index contributed by atoms with van der Waals surface area (Å²) in [5.41, 5.74) is 2.37. The zero-order valence-corrected chi connectivity index (χ0v) is 21.1. The highest BCUT2D eigenvalue weighted by atomic mass is 32.2. The van der Waals surface area contributed by atoms with Crippen LogP contribution in [0.2, 0.25) is 0 Å². The van der Waals surface area contributed by atoms with Gasteiger partial charge >= 0.3 is 6.09 Å². The summed E-state index contributed by atoms with van der Waals surface area (Å²) in [4.78, 5) is 16.5. The molecule has 3 aliphatic rings. The summed E-state index contributed by atoms with van der Waals surface area (Å²) >= 11 is 0. The lowest BCUT2D eigenvalue weighted by Gasteiger charge is -2.47. The Labute approximate surface area is 211 Å². The average Bonchev–Trinajstić information content (AvgIpc) is 3.15. The van der Waals surface area contributed by atoms with Gasteiger partial charge in [0.25, 0.3) is 0 Å². The molecule has 2 aromatic rings. The van der Waals surface area contributed by atoms with Crippen molar-refractivity contribution >= 4 is 22.2 Å². The van der Waals surface area contributed by atoms with Crippen LogP contribution in [0.1, 0.15) is 38.3 Å². The highest BCUT2D eigenvalue weighted by Crippen LogP contribution is 2.49. The molecule has 1 aromatic carbocycles. The van der Waals surface area contributed by atoms with Crippen LogP contribution in [0.15, 0.2) is 48.7 Å². The van der Waals surface area contributed by atoms with Gasteiger partial charge < -0.3 is 10.1 Å². The number of nitrogens with one attached hydrogen (secondary N) is 2. The van der Waals surface area contributed by atoms with Crippen LogP contribution in [0.5, 0.6) is 0 Å². The maximum atomic E-state index is 13.6. The molecule has 2 N–H and O–H groups in total. The van der Waals surface area contributed by atoms with Crippen LogP contribution in [0.3, 0.4) is 0 Å². The van der Waals surface area contributed by atoms with Gasteiger partial charge in [0.2, 0.25) is 10.0 Å². The van der Waals surface area contributed by atoms with Crippen LogP contribution in [-0.4, -0.2) is 43.9 Å². The number of sulfonamides is 1. The molecule has 2 heterocycles. The fourth-order valence-electron chi connectivity index (χ4n) is 6.35. The van der Waals surface area contributed by atoms with Gasteiger partial charge in [-0.05, 0) is 86.1 Å². The lowest BCUT2D eigenvalue weighted by Crippen LogP contribution is -2.51. The second-order valence-corrected chi connectivity index (χ2v) is 11.9. The number of carbonyl (C=O) groups excluding carboxylic acids is 1. The van der Waals surface area contributed by atoms with E-state index in [0.29, 0.717) is 18.4 Å². The molecule has 2 aliphatic carbocycles. The quantitative estimate of drug-likeness (QED) is 0.619. The van der Waals surface area contributed by atoms with Gasteiger partial charge in [-0.15, -0.1) is 0 Å². The molecule has 36 heavy (non-hydrogen) atoms. The monoisotopic (exact) mass is 513 g/mol. The van der Waals surface area contributed by atoms with Crippen molar-refractivity contribution in [2.75, 3.05) is 12.4 Å². The maximum Gasteiger partial charge on any atom is 0.407 e. The predicted molar refractivity (Wildman–Crippen MR) is 136 cm³/mol. The van der Waals surface area contributed by atoms with E-state index >= 15 is 0 Å². The summed E-state index contributed by atoms with van der Waals surface area (Å²) in [6.07, 6.45) is 8.85. The van der Waals surface area contributed by atoms with Crippen molar-refractivity contribution in [3.8, 4) is 11.1 Å². The van der Waals surface area contributed by atoms with Crippen LogP contribution < -0.4 is 10.0 Å². The van der Waals surface area contributed by atoms with Gasteiger partial charge in [-0.1, -0.05) is 24.3 Å². The van der Waals surface area contributed by atoms with Crippen LogP contribution in [0, 0.1) is 29.5 Å². The van der Waals surface area contributed by atoms with Gasteiger partial charge in [0.15, 0.2) is 0 Å². The third-order valence-corrected chi connectivity index (χ3v) is 9.34. The molecule has 1 aromatic heterocycles. The van der Waals surface area contributed by atoms with Gasteiger partial charge in [-0.2, -0.15) is 0 Å². The number of hydrogen-bond donors (Lipinski definition) is 2. The number of fused-ring (bicyclic) bond motifs is 2. The fraction of sp³-hybridized carbons (Fsp3) is 0.481. The number of pyridine rings is 1. The normalized spacial score (nSPS) is 30.9. The first-order valence-electron chi connectivity index (χ1n) is 12.6. The molecule has 1 saturated heterocycles. The Balaban J connectivity index is 1.33. The molecule has 1 aliphatic heterocycles. The molecule has 1 amide bonds. The van der Waals surface area contributed by atoms with E-state index in [4.69, 9.17) is 4.74 Å². The molecule has 0 unspecified atom stereocenters. The third kappa shape index (κ3) is 5.47. The molecule has 0 bridgehead atoms. The predicted octanol–water partition coefficient (Wildman–Crippen LogP) is 4.37. The first-order valence-corrected chi connectivity index (χ1v) is 14.3. The number of benzene rings is 1. The summed E-state index contributed by atoms with van der Waals surface area (Å²) in [6, 6.07) is 10.2. The second-order valence-electron chi connectivity index (χ2n) is 10.1. The van der Waals surface area contributed by atoms with Crippen LogP contribution in [0.25, 0.3) is 17.2 Å². The molecule has 7 nitrogen and oxygen atoms in total. The summed E-state index contributed by atoms with van der Waals surface area (Å²) in [5, 5.41) is 2.98. The van der Waals surface area contributed by atoms with E-state index in [-0.39, 0.29) is 41.6 Å². The average molecular weight is 514 g/mol. The second kappa shape index (κ2) is 10.3. The minimum Gasteiger partial charge on any atom is -0.450 e. The van der Waals surface area contributed by atoms with Gasteiger partial charge in [0.05, 0.1) is 18.1 Å². The van der Waals surface area contributed by atoms with Crippen molar-refractivity contribution in [1.29, 1.82) is 0 Å². The van der Waals surface area contributed by atoms with E-state index < -0.39 is 10.0 Å². The highest BCUT2D eigenvalue weighted by molar-refractivity contribution is 7.89. The number of nitrogens with zero attached hydrogens (tertiary/aromatic N) is 1. The molecule has 192 valence electrons. The van der Waals surface area contributed by atoms with Crippen molar-refractivity contribution < 1.29 is 22.3 Å². The van der Waals surface area contributed by atoms with Crippen molar-refractivity contribution in [2.24, 2.45) is 23.7 Å². The SMILES string of the molecule is CCOC(=O)N[C@H]1CC[C@@H]2[C@@H](C1)C[C@@H]1CS(=O)(=O)N[C@@H]1[C@H]2/C=C/c1ccc(-c2cccc(F)c2)cn1. The molecule has 9 heteroatoms. The molecule has 0 spiro atoms. The van der Waals surface area contributed by atoms with Gasteiger partial charge in [-0.25, -0.2) is 22.3 Å². The van der Waals surface area contributed by atoms with Gasteiger partial charge in [0, 0.05) is 23.8 Å². The Bertz CT molecular complexity index is 1230. The number of rotatable bonds is 5. The lowest BCUT2D eigenvalue weighted by atomic mass is 9.60. The summed E-state index contributed by atoms with van der Waals surface area (Å²) in [5.74, 6) is 0.635. The number of aromatic nitrogens is 1. The van der Waals surface area contributed by atoms with Gasteiger partial charge in [-0.3, -0.25) is 4.98 Å². The summed E-state index contributed by atoms with van der Waals surface area (Å²) < 4.78 is 46.5. The molecule has 3 fully saturated rings.